The molecule has 2 nitrogen and oxygen atoms in total. The van der Waals surface area contributed by atoms with Gasteiger partial charge < -0.3 is 10.1 Å². The fourth-order valence-electron chi connectivity index (χ4n) is 3.44. The summed E-state index contributed by atoms with van der Waals surface area (Å²) < 4.78 is 40.9. The summed E-state index contributed by atoms with van der Waals surface area (Å²) in [4.78, 5) is 0. The zero-order valence-electron chi connectivity index (χ0n) is 17.8. The Balaban J connectivity index is 0.000000425. The number of hydrogen-bond acceptors (Lipinski definition) is 2. The molecule has 1 aromatic rings. The number of benzene rings is 1. The van der Waals surface area contributed by atoms with E-state index in [9.17, 15) is 13.2 Å². The highest BCUT2D eigenvalue weighted by Crippen LogP contribution is 2.32. The second-order valence-electron chi connectivity index (χ2n) is 6.62. The minimum absolute atomic E-state index is 0.594. The molecule has 2 bridgehead atoms. The van der Waals surface area contributed by atoms with Gasteiger partial charge in [0.25, 0.3) is 0 Å². The summed E-state index contributed by atoms with van der Waals surface area (Å²) in [7, 11) is 1.80. The number of methoxy groups -OCH3 is 1. The van der Waals surface area contributed by atoms with Crippen molar-refractivity contribution in [3.05, 3.63) is 35.4 Å². The molecule has 2 aliphatic heterocycles. The molecule has 0 radical (unpaired) electrons. The highest BCUT2D eigenvalue weighted by atomic mass is 19.4. The maximum atomic E-state index is 11.9. The maximum absolute atomic E-state index is 11.9. The molecule has 1 aromatic carbocycles. The molecule has 0 amide bonds. The first-order chi connectivity index (χ1) is 12.9. The third-order valence-corrected chi connectivity index (χ3v) is 4.68. The standard InChI is InChI=1S/C10H19NO.C8H7F3.2C2H6/c1-12-5-4-8-6-9-2-3-10(7-8)11-9;1-6-2-4-7(5-3-6)8(9,10)11;2*1-2/h8-11H,2-7H2,1H3;2-5H,1H3;2*1-2H3. The van der Waals surface area contributed by atoms with Crippen LogP contribution in [0.1, 0.15) is 70.9 Å². The molecule has 0 saturated carbocycles. The smallest absolute Gasteiger partial charge is 0.385 e. The number of piperidine rings is 1. The first-order valence-corrected chi connectivity index (χ1v) is 10.3. The largest absolute Gasteiger partial charge is 0.416 e. The van der Waals surface area contributed by atoms with Gasteiger partial charge in [-0.25, -0.2) is 0 Å². The number of hydrogen-bond donors (Lipinski definition) is 1. The molecule has 158 valence electrons. The highest BCUT2D eigenvalue weighted by molar-refractivity contribution is 5.23. The molecule has 2 fully saturated rings. The Morgan fingerprint density at radius 3 is 1.85 bits per heavy atom. The molecule has 2 aliphatic rings. The number of rotatable bonds is 3. The van der Waals surface area contributed by atoms with Gasteiger partial charge in [0.15, 0.2) is 0 Å². The van der Waals surface area contributed by atoms with Crippen LogP contribution in [0.3, 0.4) is 0 Å². The summed E-state index contributed by atoms with van der Waals surface area (Å²) in [6, 6.07) is 6.73. The molecule has 0 aromatic heterocycles. The van der Waals surface area contributed by atoms with Gasteiger partial charge in [0.2, 0.25) is 0 Å². The number of nitrogens with one attached hydrogen (secondary N) is 1. The van der Waals surface area contributed by atoms with Gasteiger partial charge in [-0.05, 0) is 57.1 Å². The van der Waals surface area contributed by atoms with E-state index in [4.69, 9.17) is 4.74 Å². The van der Waals surface area contributed by atoms with Gasteiger partial charge in [0.05, 0.1) is 5.56 Å². The van der Waals surface area contributed by atoms with Crippen LogP contribution in [0, 0.1) is 12.8 Å². The number of aryl methyl sites for hydroxylation is 1. The number of alkyl halides is 3. The van der Waals surface area contributed by atoms with E-state index in [0.717, 1.165) is 42.3 Å². The van der Waals surface area contributed by atoms with Crippen molar-refractivity contribution in [2.24, 2.45) is 5.92 Å². The number of ether oxygens (including phenoxy) is 1. The SMILES string of the molecule is CC.CC.COCCC1CC2CCC(C1)N2.Cc1ccc(C(F)(F)F)cc1. The summed E-state index contributed by atoms with van der Waals surface area (Å²) in [6.07, 6.45) is 2.65. The average molecular weight is 390 g/mol. The number of fused-ring (bicyclic) bond motifs is 2. The summed E-state index contributed by atoms with van der Waals surface area (Å²) in [5.74, 6) is 0.934. The van der Waals surface area contributed by atoms with Gasteiger partial charge in [-0.3, -0.25) is 0 Å². The molecule has 2 atom stereocenters. The van der Waals surface area contributed by atoms with Crippen molar-refractivity contribution in [2.45, 2.75) is 85.0 Å². The summed E-state index contributed by atoms with van der Waals surface area (Å²) in [6.45, 7) is 10.7. The Kier molecular flexibility index (Phi) is 13.4. The van der Waals surface area contributed by atoms with Crippen LogP contribution in [0.15, 0.2) is 24.3 Å². The lowest BCUT2D eigenvalue weighted by molar-refractivity contribution is -0.137. The summed E-state index contributed by atoms with van der Waals surface area (Å²) in [5, 5.41) is 3.66. The van der Waals surface area contributed by atoms with Crippen molar-refractivity contribution in [3.8, 4) is 0 Å². The lowest BCUT2D eigenvalue weighted by atomic mass is 9.90. The molecule has 3 rings (SSSR count). The Hall–Kier alpha value is -1.07. The van der Waals surface area contributed by atoms with Crippen LogP contribution >= 0.6 is 0 Å². The number of halogens is 3. The van der Waals surface area contributed by atoms with Gasteiger partial charge in [-0.15, -0.1) is 0 Å². The van der Waals surface area contributed by atoms with Gasteiger partial charge in [-0.2, -0.15) is 13.2 Å². The molecule has 2 unspecified atom stereocenters. The van der Waals surface area contributed by atoms with Crippen LogP contribution in [-0.2, 0) is 10.9 Å². The van der Waals surface area contributed by atoms with Crippen molar-refractivity contribution in [1.82, 2.24) is 5.32 Å². The van der Waals surface area contributed by atoms with Crippen LogP contribution in [0.4, 0.5) is 13.2 Å². The van der Waals surface area contributed by atoms with E-state index in [1.807, 2.05) is 27.7 Å². The van der Waals surface area contributed by atoms with Crippen molar-refractivity contribution in [2.75, 3.05) is 13.7 Å². The monoisotopic (exact) mass is 389 g/mol. The Morgan fingerprint density at radius 1 is 0.963 bits per heavy atom. The van der Waals surface area contributed by atoms with Gasteiger partial charge >= 0.3 is 6.18 Å². The topological polar surface area (TPSA) is 21.3 Å². The zero-order chi connectivity index (χ0) is 20.9. The lowest BCUT2D eigenvalue weighted by Gasteiger charge is -2.28. The normalized spacial score (nSPS) is 23.1. The summed E-state index contributed by atoms with van der Waals surface area (Å²) >= 11 is 0. The van der Waals surface area contributed by atoms with E-state index in [1.165, 1.54) is 44.2 Å². The van der Waals surface area contributed by atoms with E-state index in [2.05, 4.69) is 5.32 Å². The van der Waals surface area contributed by atoms with Crippen molar-refractivity contribution >= 4 is 0 Å². The Morgan fingerprint density at radius 2 is 1.44 bits per heavy atom. The molecule has 1 N–H and O–H groups in total. The molecule has 2 heterocycles. The molecule has 0 spiro atoms. The van der Waals surface area contributed by atoms with E-state index >= 15 is 0 Å². The second kappa shape index (κ2) is 14.0. The van der Waals surface area contributed by atoms with Crippen molar-refractivity contribution < 1.29 is 17.9 Å². The third kappa shape index (κ3) is 10.2. The van der Waals surface area contributed by atoms with E-state index in [0.29, 0.717) is 0 Å². The third-order valence-electron chi connectivity index (χ3n) is 4.68. The van der Waals surface area contributed by atoms with E-state index in [-0.39, 0.29) is 0 Å². The van der Waals surface area contributed by atoms with E-state index < -0.39 is 11.7 Å². The van der Waals surface area contributed by atoms with Gasteiger partial charge in [-0.1, -0.05) is 45.4 Å². The predicted molar refractivity (Wildman–Crippen MR) is 108 cm³/mol. The van der Waals surface area contributed by atoms with Crippen molar-refractivity contribution in [1.29, 1.82) is 0 Å². The molecular formula is C22H38F3NO. The quantitative estimate of drug-likeness (QED) is 0.627. The minimum Gasteiger partial charge on any atom is -0.385 e. The zero-order valence-corrected chi connectivity index (χ0v) is 17.8. The van der Waals surface area contributed by atoms with Crippen LogP contribution in [-0.4, -0.2) is 25.8 Å². The van der Waals surface area contributed by atoms with Gasteiger partial charge in [0, 0.05) is 25.8 Å². The van der Waals surface area contributed by atoms with E-state index in [1.54, 1.807) is 14.0 Å². The molecule has 5 heteroatoms. The van der Waals surface area contributed by atoms with Crippen LogP contribution < -0.4 is 5.32 Å². The Bertz CT molecular complexity index is 461. The van der Waals surface area contributed by atoms with Crippen LogP contribution in [0.5, 0.6) is 0 Å². The van der Waals surface area contributed by atoms with Crippen LogP contribution in [0.2, 0.25) is 0 Å². The first-order valence-electron chi connectivity index (χ1n) is 10.3. The Labute approximate surface area is 163 Å². The fourth-order valence-corrected chi connectivity index (χ4v) is 3.44. The van der Waals surface area contributed by atoms with Crippen molar-refractivity contribution in [3.63, 3.8) is 0 Å². The minimum atomic E-state index is -4.21. The second-order valence-corrected chi connectivity index (χ2v) is 6.62. The maximum Gasteiger partial charge on any atom is 0.416 e. The molecule has 27 heavy (non-hydrogen) atoms. The predicted octanol–water partition coefficient (Wildman–Crippen LogP) is 6.62. The summed E-state index contributed by atoms with van der Waals surface area (Å²) in [5.41, 5.74) is 0.237. The molecule has 2 saturated heterocycles. The fraction of sp³-hybridized carbons (Fsp3) is 0.727. The van der Waals surface area contributed by atoms with Gasteiger partial charge in [0.1, 0.15) is 0 Å². The lowest BCUT2D eigenvalue weighted by Crippen LogP contribution is -2.38. The molecular weight excluding hydrogens is 351 g/mol. The average Bonchev–Trinajstić information content (AvgIpc) is 3.01. The highest BCUT2D eigenvalue weighted by Gasteiger charge is 2.32. The van der Waals surface area contributed by atoms with Crippen LogP contribution in [0.25, 0.3) is 0 Å². The first kappa shape index (κ1) is 25.9. The molecule has 0 aliphatic carbocycles.